The molecule has 1 amide bonds. The van der Waals surface area contributed by atoms with Gasteiger partial charge in [0.25, 0.3) is 11.5 Å². The number of nitrogens with two attached hydrogens (primary N) is 1. The third kappa shape index (κ3) is 2.71. The molecule has 0 atom stereocenters. The molecule has 5 nitrogen and oxygen atoms in total. The lowest BCUT2D eigenvalue weighted by Crippen LogP contribution is -2.32. The highest BCUT2D eigenvalue weighted by Gasteiger charge is 2.16. The highest BCUT2D eigenvalue weighted by molar-refractivity contribution is 6.06. The van der Waals surface area contributed by atoms with Gasteiger partial charge >= 0.3 is 0 Å². The Morgan fingerprint density at radius 2 is 2.05 bits per heavy atom. The van der Waals surface area contributed by atoms with Crippen LogP contribution in [0.5, 0.6) is 0 Å². The zero-order valence-electron chi connectivity index (χ0n) is 11.5. The third-order valence-corrected chi connectivity index (χ3v) is 3.09. The van der Waals surface area contributed by atoms with E-state index in [2.05, 4.69) is 0 Å². The summed E-state index contributed by atoms with van der Waals surface area (Å²) in [6.07, 6.45) is 1.59. The van der Waals surface area contributed by atoms with Crippen molar-refractivity contribution in [2.75, 3.05) is 17.2 Å². The molecular formula is C15H17N3O2. The third-order valence-electron chi connectivity index (χ3n) is 3.09. The van der Waals surface area contributed by atoms with Gasteiger partial charge in [-0.1, -0.05) is 6.07 Å². The van der Waals surface area contributed by atoms with E-state index in [9.17, 15) is 9.59 Å². The minimum atomic E-state index is -0.212. The largest absolute Gasteiger partial charge is 0.399 e. The number of nitrogen functional groups attached to an aromatic ring is 1. The van der Waals surface area contributed by atoms with E-state index in [1.807, 2.05) is 13.0 Å². The van der Waals surface area contributed by atoms with Gasteiger partial charge in [-0.15, -0.1) is 0 Å². The molecule has 2 aromatic rings. The molecule has 0 fully saturated rings. The summed E-state index contributed by atoms with van der Waals surface area (Å²) >= 11 is 0. The average Bonchev–Trinajstić information content (AvgIpc) is 2.42. The number of carbonyl (C=O) groups excluding carboxylic acids is 1. The standard InChI is InChI=1S/C15H17N3O2/c1-3-18(13-6-4-5-12(16)10-13)15(20)11-7-8-17(2)14(19)9-11/h4-10H,3,16H2,1-2H3. The molecule has 0 aliphatic carbocycles. The lowest BCUT2D eigenvalue weighted by Gasteiger charge is -2.21. The second-order valence-corrected chi connectivity index (χ2v) is 4.51. The highest BCUT2D eigenvalue weighted by atomic mass is 16.2. The van der Waals surface area contributed by atoms with Crippen molar-refractivity contribution in [3.8, 4) is 0 Å². The number of hydrogen-bond donors (Lipinski definition) is 1. The van der Waals surface area contributed by atoms with Crippen LogP contribution in [0, 0.1) is 0 Å². The van der Waals surface area contributed by atoms with Gasteiger partial charge in [0, 0.05) is 42.8 Å². The molecule has 2 N–H and O–H groups in total. The first-order chi connectivity index (χ1) is 9.52. The van der Waals surface area contributed by atoms with Crippen molar-refractivity contribution in [3.05, 3.63) is 58.5 Å². The van der Waals surface area contributed by atoms with Gasteiger partial charge in [-0.3, -0.25) is 9.59 Å². The van der Waals surface area contributed by atoms with Gasteiger partial charge in [-0.25, -0.2) is 0 Å². The minimum absolute atomic E-state index is 0.209. The fraction of sp³-hybridized carbons (Fsp3) is 0.200. The zero-order valence-corrected chi connectivity index (χ0v) is 11.5. The van der Waals surface area contributed by atoms with Gasteiger partial charge in [0.15, 0.2) is 0 Å². The van der Waals surface area contributed by atoms with Crippen LogP contribution < -0.4 is 16.2 Å². The summed E-state index contributed by atoms with van der Waals surface area (Å²) in [6.45, 7) is 2.37. The molecule has 0 bridgehead atoms. The summed E-state index contributed by atoms with van der Waals surface area (Å²) in [7, 11) is 1.64. The quantitative estimate of drug-likeness (QED) is 0.863. The summed E-state index contributed by atoms with van der Waals surface area (Å²) in [5.41, 5.74) is 7.22. The molecule has 5 heteroatoms. The van der Waals surface area contributed by atoms with E-state index >= 15 is 0 Å². The summed E-state index contributed by atoms with van der Waals surface area (Å²) in [5.74, 6) is -0.212. The number of aromatic nitrogens is 1. The minimum Gasteiger partial charge on any atom is -0.399 e. The Hall–Kier alpha value is -2.56. The Bertz CT molecular complexity index is 692. The molecule has 0 unspecified atom stereocenters. The van der Waals surface area contributed by atoms with Gasteiger partial charge in [-0.2, -0.15) is 0 Å². The maximum Gasteiger partial charge on any atom is 0.258 e. The molecule has 0 saturated carbocycles. The highest BCUT2D eigenvalue weighted by Crippen LogP contribution is 2.19. The Morgan fingerprint density at radius 1 is 1.30 bits per heavy atom. The van der Waals surface area contributed by atoms with Crippen LogP contribution >= 0.6 is 0 Å². The predicted octanol–water partition coefficient (Wildman–Crippen LogP) is 1.63. The molecule has 20 heavy (non-hydrogen) atoms. The Kier molecular flexibility index (Phi) is 3.89. The van der Waals surface area contributed by atoms with Crippen LogP contribution in [-0.2, 0) is 7.05 Å². The van der Waals surface area contributed by atoms with Crippen LogP contribution in [0.4, 0.5) is 11.4 Å². The maximum atomic E-state index is 12.5. The molecule has 0 radical (unpaired) electrons. The van der Waals surface area contributed by atoms with Crippen LogP contribution in [0.15, 0.2) is 47.4 Å². The SMILES string of the molecule is CCN(C(=O)c1ccn(C)c(=O)c1)c1cccc(N)c1. The second-order valence-electron chi connectivity index (χ2n) is 4.51. The van der Waals surface area contributed by atoms with E-state index in [4.69, 9.17) is 5.73 Å². The summed E-state index contributed by atoms with van der Waals surface area (Å²) in [4.78, 5) is 25.7. The van der Waals surface area contributed by atoms with Crippen molar-refractivity contribution < 1.29 is 4.79 Å². The molecule has 1 aromatic heterocycles. The van der Waals surface area contributed by atoms with Crippen LogP contribution in [-0.4, -0.2) is 17.0 Å². The van der Waals surface area contributed by atoms with E-state index < -0.39 is 0 Å². The van der Waals surface area contributed by atoms with Gasteiger partial charge in [0.2, 0.25) is 0 Å². The first kappa shape index (κ1) is 13.9. The Morgan fingerprint density at radius 3 is 2.65 bits per heavy atom. The number of carbonyl (C=O) groups is 1. The molecule has 2 rings (SSSR count). The normalized spacial score (nSPS) is 10.3. The van der Waals surface area contributed by atoms with Crippen LogP contribution in [0.2, 0.25) is 0 Å². The van der Waals surface area contributed by atoms with E-state index in [1.165, 1.54) is 10.6 Å². The fourth-order valence-corrected chi connectivity index (χ4v) is 1.97. The van der Waals surface area contributed by atoms with Gasteiger partial charge in [0.05, 0.1) is 0 Å². The lowest BCUT2D eigenvalue weighted by atomic mass is 10.2. The summed E-state index contributed by atoms with van der Waals surface area (Å²) < 4.78 is 1.42. The van der Waals surface area contributed by atoms with Crippen LogP contribution in [0.3, 0.4) is 0 Å². The summed E-state index contributed by atoms with van der Waals surface area (Å²) in [6, 6.07) is 10.1. The zero-order chi connectivity index (χ0) is 14.7. The number of nitrogens with zero attached hydrogens (tertiary/aromatic N) is 2. The van der Waals surface area contributed by atoms with E-state index in [0.717, 1.165) is 5.69 Å². The number of benzene rings is 1. The molecule has 0 aliphatic rings. The van der Waals surface area contributed by atoms with E-state index in [0.29, 0.717) is 17.8 Å². The monoisotopic (exact) mass is 271 g/mol. The first-order valence-electron chi connectivity index (χ1n) is 6.37. The van der Waals surface area contributed by atoms with E-state index in [-0.39, 0.29) is 11.5 Å². The van der Waals surface area contributed by atoms with Crippen molar-refractivity contribution in [3.63, 3.8) is 0 Å². The summed E-state index contributed by atoms with van der Waals surface area (Å²) in [5, 5.41) is 0. The molecule has 104 valence electrons. The van der Waals surface area contributed by atoms with Crippen LogP contribution in [0.1, 0.15) is 17.3 Å². The van der Waals surface area contributed by atoms with Gasteiger partial charge in [-0.05, 0) is 31.2 Å². The first-order valence-corrected chi connectivity index (χ1v) is 6.37. The van der Waals surface area contributed by atoms with Gasteiger partial charge < -0.3 is 15.2 Å². The van der Waals surface area contributed by atoms with Crippen molar-refractivity contribution in [1.29, 1.82) is 0 Å². The molecule has 0 aliphatic heterocycles. The number of amides is 1. The lowest BCUT2D eigenvalue weighted by molar-refractivity contribution is 0.0988. The number of aryl methyl sites for hydroxylation is 1. The predicted molar refractivity (Wildman–Crippen MR) is 79.9 cm³/mol. The van der Waals surface area contributed by atoms with Crippen molar-refractivity contribution in [1.82, 2.24) is 4.57 Å². The van der Waals surface area contributed by atoms with E-state index in [1.54, 1.807) is 42.4 Å². The maximum absolute atomic E-state index is 12.5. The molecule has 1 heterocycles. The van der Waals surface area contributed by atoms with Crippen molar-refractivity contribution in [2.45, 2.75) is 6.92 Å². The molecular weight excluding hydrogens is 254 g/mol. The van der Waals surface area contributed by atoms with Crippen molar-refractivity contribution >= 4 is 17.3 Å². The topological polar surface area (TPSA) is 68.3 Å². The number of anilines is 2. The fourth-order valence-electron chi connectivity index (χ4n) is 1.97. The average molecular weight is 271 g/mol. The van der Waals surface area contributed by atoms with Crippen molar-refractivity contribution in [2.24, 2.45) is 7.05 Å². The smallest absolute Gasteiger partial charge is 0.258 e. The Labute approximate surface area is 117 Å². The second kappa shape index (κ2) is 5.61. The molecule has 1 aromatic carbocycles. The number of hydrogen-bond acceptors (Lipinski definition) is 3. The molecule has 0 spiro atoms. The molecule has 0 saturated heterocycles. The number of rotatable bonds is 3. The van der Waals surface area contributed by atoms with Crippen LogP contribution in [0.25, 0.3) is 0 Å². The van der Waals surface area contributed by atoms with Gasteiger partial charge in [0.1, 0.15) is 0 Å². The Balaban J connectivity index is 2.38. The number of pyridine rings is 1.